The van der Waals surface area contributed by atoms with E-state index in [-0.39, 0.29) is 16.6 Å². The van der Waals surface area contributed by atoms with E-state index < -0.39 is 10.0 Å². The summed E-state index contributed by atoms with van der Waals surface area (Å²) in [5.74, 6) is -0.165. The Balaban J connectivity index is 1.53. The van der Waals surface area contributed by atoms with E-state index in [9.17, 15) is 13.2 Å². The molecule has 0 spiro atoms. The normalized spacial score (nSPS) is 15.9. The first-order valence-electron chi connectivity index (χ1n) is 9.90. The lowest BCUT2D eigenvalue weighted by Gasteiger charge is -2.19. The molecule has 0 atom stereocenters. The monoisotopic (exact) mass is 412 g/mol. The summed E-state index contributed by atoms with van der Waals surface area (Å²) in [6.45, 7) is 1.50. The number of carbonyl (C=O) groups is 1. The van der Waals surface area contributed by atoms with Crippen molar-refractivity contribution in [1.82, 2.24) is 9.62 Å². The second-order valence-corrected chi connectivity index (χ2v) is 9.23. The summed E-state index contributed by atoms with van der Waals surface area (Å²) in [6.07, 6.45) is 3.90. The number of hydrogen-bond acceptors (Lipinski definition) is 4. The van der Waals surface area contributed by atoms with Crippen LogP contribution in [0.25, 0.3) is 11.0 Å². The van der Waals surface area contributed by atoms with Crippen molar-refractivity contribution in [1.29, 1.82) is 0 Å². The molecule has 1 amide bonds. The Hall–Kier alpha value is -2.64. The van der Waals surface area contributed by atoms with Gasteiger partial charge in [0.1, 0.15) is 5.58 Å². The molecule has 152 valence electrons. The van der Waals surface area contributed by atoms with Crippen molar-refractivity contribution in [2.24, 2.45) is 0 Å². The molecule has 0 bridgehead atoms. The number of fused-ring (bicyclic) bond motifs is 1. The summed E-state index contributed by atoms with van der Waals surface area (Å²) in [5.41, 5.74) is 1.48. The van der Waals surface area contributed by atoms with Crippen LogP contribution in [0.3, 0.4) is 0 Å². The summed E-state index contributed by atoms with van der Waals surface area (Å²) in [6, 6.07) is 16.0. The maximum atomic E-state index is 13.0. The third-order valence-electron chi connectivity index (χ3n) is 5.21. The standard InChI is InChI=1S/C22H24N2O4S/c25-22(23-16-17-8-4-3-5-9-17)21-15-18-14-19(10-11-20(18)28-21)29(26,27)24-12-6-1-2-7-13-24/h3-5,8-11,14-15H,1-2,6-7,12-13,16H2,(H,23,25). The van der Waals surface area contributed by atoms with Crippen LogP contribution >= 0.6 is 0 Å². The minimum Gasteiger partial charge on any atom is -0.451 e. The molecule has 6 nitrogen and oxygen atoms in total. The molecule has 1 aliphatic heterocycles. The van der Waals surface area contributed by atoms with E-state index in [2.05, 4.69) is 5.32 Å². The maximum Gasteiger partial charge on any atom is 0.287 e. The molecule has 1 aliphatic rings. The zero-order valence-electron chi connectivity index (χ0n) is 16.1. The summed E-state index contributed by atoms with van der Waals surface area (Å²) in [4.78, 5) is 12.7. The van der Waals surface area contributed by atoms with Crippen molar-refractivity contribution >= 4 is 26.9 Å². The van der Waals surface area contributed by atoms with Crippen molar-refractivity contribution in [2.45, 2.75) is 37.1 Å². The Labute approximate surface area is 170 Å². The quantitative estimate of drug-likeness (QED) is 0.689. The minimum absolute atomic E-state index is 0.167. The summed E-state index contributed by atoms with van der Waals surface area (Å²) in [7, 11) is -3.54. The van der Waals surface area contributed by atoms with E-state index in [1.807, 2.05) is 30.3 Å². The fourth-order valence-corrected chi connectivity index (χ4v) is 5.14. The van der Waals surface area contributed by atoms with Crippen LogP contribution in [0.4, 0.5) is 0 Å². The molecular formula is C22H24N2O4S. The molecule has 0 aliphatic carbocycles. The Morgan fingerprint density at radius 3 is 2.41 bits per heavy atom. The molecular weight excluding hydrogens is 388 g/mol. The van der Waals surface area contributed by atoms with E-state index in [4.69, 9.17) is 4.42 Å². The van der Waals surface area contributed by atoms with Gasteiger partial charge in [0.05, 0.1) is 4.90 Å². The first-order valence-corrected chi connectivity index (χ1v) is 11.3. The molecule has 0 unspecified atom stereocenters. The molecule has 2 aromatic carbocycles. The third-order valence-corrected chi connectivity index (χ3v) is 7.10. The summed E-state index contributed by atoms with van der Waals surface area (Å²) in [5, 5.41) is 3.42. The lowest BCUT2D eigenvalue weighted by atomic mass is 10.2. The number of benzene rings is 2. The van der Waals surface area contributed by atoms with Gasteiger partial charge in [-0.1, -0.05) is 43.2 Å². The fraction of sp³-hybridized carbons (Fsp3) is 0.318. The topological polar surface area (TPSA) is 79.6 Å². The number of carbonyl (C=O) groups excluding carboxylic acids is 1. The van der Waals surface area contributed by atoms with Gasteiger partial charge in [0.2, 0.25) is 10.0 Å². The Bertz CT molecular complexity index is 1100. The van der Waals surface area contributed by atoms with E-state index in [1.54, 1.807) is 28.6 Å². The number of sulfonamides is 1. The van der Waals surface area contributed by atoms with Crippen molar-refractivity contribution in [3.05, 3.63) is 65.9 Å². The molecule has 4 rings (SSSR count). The van der Waals surface area contributed by atoms with E-state index >= 15 is 0 Å². The molecule has 1 aromatic heterocycles. The van der Waals surface area contributed by atoms with Crippen LogP contribution < -0.4 is 5.32 Å². The summed E-state index contributed by atoms with van der Waals surface area (Å²) < 4.78 is 33.2. The zero-order chi connectivity index (χ0) is 20.3. The van der Waals surface area contributed by atoms with Crippen LogP contribution in [-0.2, 0) is 16.6 Å². The average Bonchev–Trinajstić information content (AvgIpc) is 2.97. The number of nitrogens with zero attached hydrogens (tertiary/aromatic N) is 1. The predicted octanol–water partition coefficient (Wildman–Crippen LogP) is 3.93. The van der Waals surface area contributed by atoms with Gasteiger partial charge in [-0.25, -0.2) is 8.42 Å². The van der Waals surface area contributed by atoms with Gasteiger partial charge in [0.15, 0.2) is 5.76 Å². The molecule has 0 radical (unpaired) electrons. The molecule has 1 N–H and O–H groups in total. The lowest BCUT2D eigenvalue weighted by Crippen LogP contribution is -2.31. The van der Waals surface area contributed by atoms with Crippen molar-refractivity contribution in [3.8, 4) is 0 Å². The SMILES string of the molecule is O=C(NCc1ccccc1)c1cc2cc(S(=O)(=O)N3CCCCCC3)ccc2o1. The van der Waals surface area contributed by atoms with Gasteiger partial charge in [-0.15, -0.1) is 0 Å². The number of nitrogens with one attached hydrogen (secondary N) is 1. The van der Waals surface area contributed by atoms with Crippen LogP contribution in [0.15, 0.2) is 63.9 Å². The Morgan fingerprint density at radius 1 is 0.966 bits per heavy atom. The van der Waals surface area contributed by atoms with Gasteiger partial charge >= 0.3 is 0 Å². The van der Waals surface area contributed by atoms with Gasteiger partial charge in [0.25, 0.3) is 5.91 Å². The molecule has 1 fully saturated rings. The second-order valence-electron chi connectivity index (χ2n) is 7.30. The molecule has 7 heteroatoms. The van der Waals surface area contributed by atoms with E-state index in [1.165, 1.54) is 0 Å². The van der Waals surface area contributed by atoms with E-state index in [0.29, 0.717) is 30.6 Å². The zero-order valence-corrected chi connectivity index (χ0v) is 17.0. The number of hydrogen-bond donors (Lipinski definition) is 1. The van der Waals surface area contributed by atoms with Gasteiger partial charge in [-0.05, 0) is 42.7 Å². The highest BCUT2D eigenvalue weighted by atomic mass is 32.2. The largest absolute Gasteiger partial charge is 0.451 e. The van der Waals surface area contributed by atoms with Gasteiger partial charge < -0.3 is 9.73 Å². The highest BCUT2D eigenvalue weighted by Gasteiger charge is 2.26. The van der Waals surface area contributed by atoms with Crippen LogP contribution in [0.5, 0.6) is 0 Å². The predicted molar refractivity (Wildman–Crippen MR) is 111 cm³/mol. The first kappa shape index (κ1) is 19.7. The highest BCUT2D eigenvalue weighted by Crippen LogP contribution is 2.26. The molecule has 3 aromatic rings. The Morgan fingerprint density at radius 2 is 1.69 bits per heavy atom. The molecule has 0 saturated carbocycles. The van der Waals surface area contributed by atoms with Gasteiger partial charge in [0, 0.05) is 25.0 Å². The second kappa shape index (κ2) is 8.39. The van der Waals surface area contributed by atoms with Crippen LogP contribution in [0.1, 0.15) is 41.8 Å². The molecule has 1 saturated heterocycles. The average molecular weight is 413 g/mol. The van der Waals surface area contributed by atoms with Crippen molar-refractivity contribution in [3.63, 3.8) is 0 Å². The lowest BCUT2D eigenvalue weighted by molar-refractivity contribution is 0.0925. The smallest absolute Gasteiger partial charge is 0.287 e. The number of amides is 1. The van der Waals surface area contributed by atoms with E-state index in [0.717, 1.165) is 31.2 Å². The minimum atomic E-state index is -3.54. The van der Waals surface area contributed by atoms with Gasteiger partial charge in [-0.2, -0.15) is 4.31 Å². The summed E-state index contributed by atoms with van der Waals surface area (Å²) >= 11 is 0. The Kier molecular flexibility index (Phi) is 5.69. The van der Waals surface area contributed by atoms with Crippen molar-refractivity contribution in [2.75, 3.05) is 13.1 Å². The van der Waals surface area contributed by atoms with Crippen molar-refractivity contribution < 1.29 is 17.6 Å². The highest BCUT2D eigenvalue weighted by molar-refractivity contribution is 7.89. The molecule has 29 heavy (non-hydrogen) atoms. The fourth-order valence-electron chi connectivity index (χ4n) is 3.59. The van der Waals surface area contributed by atoms with Crippen LogP contribution in [0.2, 0.25) is 0 Å². The van der Waals surface area contributed by atoms with Crippen LogP contribution in [0, 0.1) is 0 Å². The molecule has 2 heterocycles. The number of rotatable bonds is 5. The van der Waals surface area contributed by atoms with Gasteiger partial charge in [-0.3, -0.25) is 4.79 Å². The first-order chi connectivity index (χ1) is 14.0. The maximum absolute atomic E-state index is 13.0. The third kappa shape index (κ3) is 4.36. The number of furan rings is 1. The van der Waals surface area contributed by atoms with Crippen LogP contribution in [-0.4, -0.2) is 31.7 Å².